The summed E-state index contributed by atoms with van der Waals surface area (Å²) in [6.45, 7) is -0.410. The monoisotopic (exact) mass is 516 g/mol. The zero-order valence-electron chi connectivity index (χ0n) is 20.6. The lowest BCUT2D eigenvalue weighted by Gasteiger charge is -2.42. The van der Waals surface area contributed by atoms with Crippen LogP contribution in [0.4, 0.5) is 0 Å². The number of rotatable bonds is 12. The summed E-state index contributed by atoms with van der Waals surface area (Å²) in [6, 6.07) is 16.3. The van der Waals surface area contributed by atoms with Crippen LogP contribution in [0.3, 0.4) is 0 Å². The summed E-state index contributed by atoms with van der Waals surface area (Å²) in [5.41, 5.74) is 0.493. The fourth-order valence-corrected chi connectivity index (χ4v) is 3.83. The van der Waals surface area contributed by atoms with E-state index in [1.807, 2.05) is 0 Å². The largest absolute Gasteiger partial charge is 0.469 e. The third-order valence-electron chi connectivity index (χ3n) is 5.84. The molecule has 1 heterocycles. The van der Waals surface area contributed by atoms with Crippen LogP contribution in [0.15, 0.2) is 60.7 Å². The lowest BCUT2D eigenvalue weighted by molar-refractivity contribution is -0.299. The Bertz CT molecular complexity index is 997. The molecule has 200 valence electrons. The molecule has 10 heteroatoms. The van der Waals surface area contributed by atoms with Crippen LogP contribution in [0.25, 0.3) is 0 Å². The molecule has 0 radical (unpaired) electrons. The van der Waals surface area contributed by atoms with Crippen molar-refractivity contribution in [3.8, 4) is 0 Å². The highest BCUT2D eigenvalue weighted by atomic mass is 16.7. The number of aliphatic hydroxyl groups is 2. The average Bonchev–Trinajstić information content (AvgIpc) is 2.94. The van der Waals surface area contributed by atoms with Gasteiger partial charge in [0.15, 0.2) is 18.5 Å². The highest BCUT2D eigenvalue weighted by Gasteiger charge is 2.50. The Hall–Kier alpha value is -3.31. The zero-order chi connectivity index (χ0) is 26.6. The van der Waals surface area contributed by atoms with E-state index in [2.05, 4.69) is 4.74 Å². The number of unbranched alkanes of at least 4 members (excludes halogenated alkanes) is 2. The standard InChI is InChI=1S/C27H32O10/c1-33-21(29)15-9-4-10-16-34-27-24(37-26(32)19-13-7-3-8-14-19)22(30)23(20(17-28)35-27)36-25(31)18-11-5-2-6-12-18/h2-3,5-8,11-14,20,22-24,27-28,30H,4,9-10,15-17H2,1H3/t20-,22+,23+,24-,27+/m1/s1. The van der Waals surface area contributed by atoms with Gasteiger partial charge in [-0.3, -0.25) is 4.79 Å². The average molecular weight is 517 g/mol. The van der Waals surface area contributed by atoms with Crippen LogP contribution in [0.1, 0.15) is 46.4 Å². The molecule has 2 N–H and O–H groups in total. The van der Waals surface area contributed by atoms with E-state index in [-0.39, 0.29) is 30.1 Å². The molecule has 0 aromatic heterocycles. The van der Waals surface area contributed by atoms with E-state index >= 15 is 0 Å². The number of ether oxygens (including phenoxy) is 5. The summed E-state index contributed by atoms with van der Waals surface area (Å²) in [6.07, 6.45) is -4.46. The van der Waals surface area contributed by atoms with Crippen molar-refractivity contribution in [2.24, 2.45) is 0 Å². The van der Waals surface area contributed by atoms with Crippen LogP contribution in [-0.4, -0.2) is 79.2 Å². The number of hydrogen-bond donors (Lipinski definition) is 2. The van der Waals surface area contributed by atoms with Gasteiger partial charge < -0.3 is 33.9 Å². The van der Waals surface area contributed by atoms with Crippen molar-refractivity contribution in [3.63, 3.8) is 0 Å². The molecular weight excluding hydrogens is 484 g/mol. The van der Waals surface area contributed by atoms with E-state index in [1.54, 1.807) is 60.7 Å². The maximum atomic E-state index is 12.8. The van der Waals surface area contributed by atoms with E-state index in [0.29, 0.717) is 19.3 Å². The van der Waals surface area contributed by atoms with Gasteiger partial charge in [0.25, 0.3) is 0 Å². The van der Waals surface area contributed by atoms with Gasteiger partial charge in [0.1, 0.15) is 12.2 Å². The molecule has 0 unspecified atom stereocenters. The van der Waals surface area contributed by atoms with E-state index in [0.717, 1.165) is 0 Å². The van der Waals surface area contributed by atoms with Crippen molar-refractivity contribution >= 4 is 17.9 Å². The predicted molar refractivity (Wildman–Crippen MR) is 129 cm³/mol. The molecule has 0 bridgehead atoms. The Labute approximate surface area is 215 Å². The number of benzene rings is 2. The molecule has 0 amide bonds. The minimum atomic E-state index is -1.55. The van der Waals surface area contributed by atoms with Gasteiger partial charge in [-0.2, -0.15) is 0 Å². The Kier molecular flexibility index (Phi) is 11.0. The Morgan fingerprint density at radius 1 is 0.838 bits per heavy atom. The highest BCUT2D eigenvalue weighted by molar-refractivity contribution is 5.90. The van der Waals surface area contributed by atoms with Gasteiger partial charge in [-0.25, -0.2) is 9.59 Å². The maximum Gasteiger partial charge on any atom is 0.338 e. The van der Waals surface area contributed by atoms with Gasteiger partial charge >= 0.3 is 17.9 Å². The first-order chi connectivity index (χ1) is 17.9. The van der Waals surface area contributed by atoms with E-state index < -0.39 is 49.3 Å². The molecule has 0 aliphatic carbocycles. The van der Waals surface area contributed by atoms with Gasteiger partial charge in [-0.05, 0) is 37.1 Å². The van der Waals surface area contributed by atoms with Crippen molar-refractivity contribution in [3.05, 3.63) is 71.8 Å². The predicted octanol–water partition coefficient (Wildman–Crippen LogP) is 2.27. The van der Waals surface area contributed by atoms with Crippen molar-refractivity contribution < 1.29 is 48.3 Å². The minimum Gasteiger partial charge on any atom is -0.469 e. The fraction of sp³-hybridized carbons (Fsp3) is 0.444. The molecule has 2 aromatic carbocycles. The van der Waals surface area contributed by atoms with E-state index in [4.69, 9.17) is 18.9 Å². The summed E-state index contributed by atoms with van der Waals surface area (Å²) in [5.74, 6) is -1.75. The normalized spacial score (nSPS) is 23.2. The third-order valence-corrected chi connectivity index (χ3v) is 5.84. The summed E-state index contributed by atoms with van der Waals surface area (Å²) in [5, 5.41) is 21.1. The fourth-order valence-electron chi connectivity index (χ4n) is 3.83. The second-order valence-electron chi connectivity index (χ2n) is 8.45. The molecule has 0 saturated carbocycles. The molecule has 1 aliphatic rings. The van der Waals surface area contributed by atoms with Gasteiger partial charge in [0.2, 0.25) is 0 Å². The number of carbonyl (C=O) groups is 3. The number of hydrogen-bond acceptors (Lipinski definition) is 10. The molecule has 1 saturated heterocycles. The van der Waals surface area contributed by atoms with Crippen LogP contribution in [0.5, 0.6) is 0 Å². The first kappa shape index (κ1) is 28.3. The molecule has 37 heavy (non-hydrogen) atoms. The first-order valence-corrected chi connectivity index (χ1v) is 12.1. The molecule has 2 aromatic rings. The highest BCUT2D eigenvalue weighted by Crippen LogP contribution is 2.28. The molecule has 0 spiro atoms. The number of methoxy groups -OCH3 is 1. The number of carbonyl (C=O) groups excluding carboxylic acids is 3. The molecule has 1 fully saturated rings. The smallest absolute Gasteiger partial charge is 0.338 e. The number of esters is 3. The Morgan fingerprint density at radius 2 is 1.41 bits per heavy atom. The van der Waals surface area contributed by atoms with Crippen LogP contribution in [0, 0.1) is 0 Å². The SMILES string of the molecule is COC(=O)CCCCCO[C@H]1O[C@H](CO)[C@H](OC(=O)c2ccccc2)[C@H](O)[C@H]1OC(=O)c1ccccc1. The van der Waals surface area contributed by atoms with Crippen molar-refractivity contribution in [2.45, 2.75) is 56.4 Å². The van der Waals surface area contributed by atoms with E-state index in [1.165, 1.54) is 7.11 Å². The second kappa shape index (κ2) is 14.4. The maximum absolute atomic E-state index is 12.8. The quantitative estimate of drug-likeness (QED) is 0.245. The van der Waals surface area contributed by atoms with Crippen molar-refractivity contribution in [1.82, 2.24) is 0 Å². The van der Waals surface area contributed by atoms with Crippen molar-refractivity contribution in [2.75, 3.05) is 20.3 Å². The van der Waals surface area contributed by atoms with Gasteiger partial charge in [-0.1, -0.05) is 42.8 Å². The number of aliphatic hydroxyl groups excluding tert-OH is 2. The molecule has 5 atom stereocenters. The van der Waals surface area contributed by atoms with Crippen molar-refractivity contribution in [1.29, 1.82) is 0 Å². The molecule has 1 aliphatic heterocycles. The van der Waals surface area contributed by atoms with Crippen LogP contribution < -0.4 is 0 Å². The molecular formula is C27H32O10. The summed E-state index contributed by atoms with van der Waals surface area (Å²) >= 11 is 0. The van der Waals surface area contributed by atoms with Crippen LogP contribution in [-0.2, 0) is 28.5 Å². The first-order valence-electron chi connectivity index (χ1n) is 12.1. The molecule has 10 nitrogen and oxygen atoms in total. The van der Waals surface area contributed by atoms with E-state index in [9.17, 15) is 24.6 Å². The second-order valence-corrected chi connectivity index (χ2v) is 8.45. The van der Waals surface area contributed by atoms with Gasteiger partial charge in [0.05, 0.1) is 24.8 Å². The zero-order valence-corrected chi connectivity index (χ0v) is 20.6. The van der Waals surface area contributed by atoms with Crippen LogP contribution in [0.2, 0.25) is 0 Å². The lowest BCUT2D eigenvalue weighted by atomic mass is 9.98. The third kappa shape index (κ3) is 8.09. The Balaban J connectivity index is 1.70. The summed E-state index contributed by atoms with van der Waals surface area (Å²) < 4.78 is 27.2. The molecule has 3 rings (SSSR count). The topological polar surface area (TPSA) is 138 Å². The summed E-state index contributed by atoms with van der Waals surface area (Å²) in [4.78, 5) is 36.7. The van der Waals surface area contributed by atoms with Gasteiger partial charge in [0, 0.05) is 13.0 Å². The minimum absolute atomic E-state index is 0.171. The van der Waals surface area contributed by atoms with Crippen LogP contribution >= 0.6 is 0 Å². The lowest BCUT2D eigenvalue weighted by Crippen LogP contribution is -2.61. The van der Waals surface area contributed by atoms with Gasteiger partial charge in [-0.15, -0.1) is 0 Å². The summed E-state index contributed by atoms with van der Waals surface area (Å²) in [7, 11) is 1.33. The Morgan fingerprint density at radius 3 is 1.95 bits per heavy atom.